The van der Waals surface area contributed by atoms with Gasteiger partial charge in [-0.2, -0.15) is 0 Å². The molecule has 0 bridgehead atoms. The molecule has 10 heteroatoms. The third-order valence-electron chi connectivity index (χ3n) is 8.89. The molecule has 1 saturated carbocycles. The molecular formula is C34H36ClF2NO4S2. The number of ether oxygens (including phenoxy) is 1. The Morgan fingerprint density at radius 1 is 1.05 bits per heavy atom. The van der Waals surface area contributed by atoms with E-state index in [1.54, 1.807) is 25.3 Å². The number of sulfone groups is 1. The number of rotatable bonds is 11. The number of ketones is 1. The zero-order valence-electron chi connectivity index (χ0n) is 25.0. The molecule has 1 heterocycles. The maximum absolute atomic E-state index is 14.5. The first kappa shape index (κ1) is 32.5. The highest BCUT2D eigenvalue weighted by Crippen LogP contribution is 2.42. The van der Waals surface area contributed by atoms with E-state index in [9.17, 15) is 22.0 Å². The van der Waals surface area contributed by atoms with Crippen LogP contribution in [0.3, 0.4) is 0 Å². The van der Waals surface area contributed by atoms with Gasteiger partial charge in [0.1, 0.15) is 17.4 Å². The van der Waals surface area contributed by atoms with Crippen LogP contribution >= 0.6 is 22.9 Å². The summed E-state index contributed by atoms with van der Waals surface area (Å²) < 4.78 is 59.1. The number of halogens is 3. The van der Waals surface area contributed by atoms with Crippen LogP contribution in [0.1, 0.15) is 53.8 Å². The van der Waals surface area contributed by atoms with Gasteiger partial charge in [-0.3, -0.25) is 4.79 Å². The Kier molecular flexibility index (Phi) is 10.1. The number of thiophene rings is 1. The highest BCUT2D eigenvalue weighted by atomic mass is 35.5. The average molecular weight is 660 g/mol. The molecule has 5 nitrogen and oxygen atoms in total. The van der Waals surface area contributed by atoms with Gasteiger partial charge in [-0.15, -0.1) is 11.3 Å². The fourth-order valence-electron chi connectivity index (χ4n) is 6.39. The highest BCUT2D eigenvalue weighted by Gasteiger charge is 2.31. The lowest BCUT2D eigenvalue weighted by Gasteiger charge is -2.34. The summed E-state index contributed by atoms with van der Waals surface area (Å²) in [4.78, 5) is 14.2. The molecule has 0 radical (unpaired) electrons. The predicted octanol–water partition coefficient (Wildman–Crippen LogP) is 8.51. The largest absolute Gasteiger partial charge is 0.496 e. The number of benzene rings is 3. The van der Waals surface area contributed by atoms with E-state index < -0.39 is 21.5 Å². The molecule has 1 N–H and O–H groups in total. The van der Waals surface area contributed by atoms with Crippen molar-refractivity contribution in [3.05, 3.63) is 81.7 Å². The van der Waals surface area contributed by atoms with Gasteiger partial charge in [0.05, 0.1) is 32.0 Å². The molecule has 44 heavy (non-hydrogen) atoms. The summed E-state index contributed by atoms with van der Waals surface area (Å²) in [5, 5.41) is 3.31. The SMILES string of the molecule is CNC1CCC(C(CCc2cc(-c3cccc(S(C)(=O)=O)c3)ccc2OC)CC(=O)c2sc3c(F)ccc(F)c3c2Cl)CC1. The van der Waals surface area contributed by atoms with E-state index in [0.717, 1.165) is 71.6 Å². The minimum absolute atomic E-state index is 0.0182. The van der Waals surface area contributed by atoms with Crippen LogP contribution in [0, 0.1) is 23.5 Å². The van der Waals surface area contributed by atoms with Crippen LogP contribution in [0.2, 0.25) is 5.02 Å². The number of hydrogen-bond donors (Lipinski definition) is 1. The molecule has 1 unspecified atom stereocenters. The summed E-state index contributed by atoms with van der Waals surface area (Å²) in [5.74, 6) is -0.380. The van der Waals surface area contributed by atoms with Crippen LogP contribution in [0.15, 0.2) is 59.5 Å². The normalized spacial score (nSPS) is 18.0. The Bertz CT molecular complexity index is 1780. The first-order valence-corrected chi connectivity index (χ1v) is 17.8. The molecule has 1 aliphatic carbocycles. The first-order chi connectivity index (χ1) is 21.0. The molecular weight excluding hydrogens is 624 g/mol. The Labute approximate surface area is 266 Å². The van der Waals surface area contributed by atoms with E-state index >= 15 is 0 Å². The van der Waals surface area contributed by atoms with E-state index in [0.29, 0.717) is 24.8 Å². The number of carbonyl (C=O) groups excluding carboxylic acids is 1. The van der Waals surface area contributed by atoms with Crippen LogP contribution in [0.25, 0.3) is 21.2 Å². The maximum atomic E-state index is 14.5. The topological polar surface area (TPSA) is 72.5 Å². The van der Waals surface area contributed by atoms with Crippen LogP contribution in [0.5, 0.6) is 5.75 Å². The van der Waals surface area contributed by atoms with Crippen molar-refractivity contribution >= 4 is 48.6 Å². The molecule has 1 atom stereocenters. The molecule has 1 aromatic heterocycles. The standard InChI is InChI=1S/C34H36ClF2NO4S2/c1-38-25-12-9-20(10-13-25)23(19-29(39)34-32(35)31-27(36)14-15-28(37)33(31)43-34)7-8-24-17-22(11-16-30(24)42-2)21-5-4-6-26(18-21)44(3,40)41/h4-6,11,14-18,20,23,25,38H,7-10,12-13,19H2,1-3H3. The smallest absolute Gasteiger partial charge is 0.175 e. The fourth-order valence-corrected chi connectivity index (χ4v) is 8.58. The van der Waals surface area contributed by atoms with Gasteiger partial charge in [-0.05, 0) is 110 Å². The second-order valence-electron chi connectivity index (χ2n) is 11.6. The van der Waals surface area contributed by atoms with E-state index in [-0.39, 0.29) is 43.0 Å². The molecule has 5 rings (SSSR count). The molecule has 0 spiro atoms. The number of methoxy groups -OCH3 is 1. The zero-order valence-corrected chi connectivity index (χ0v) is 27.4. The van der Waals surface area contributed by atoms with Crippen molar-refractivity contribution in [2.45, 2.75) is 55.9 Å². The lowest BCUT2D eigenvalue weighted by Crippen LogP contribution is -2.33. The van der Waals surface area contributed by atoms with Crippen LogP contribution < -0.4 is 10.1 Å². The molecule has 0 amide bonds. The summed E-state index contributed by atoms with van der Waals surface area (Å²) in [7, 11) is 0.228. The highest BCUT2D eigenvalue weighted by molar-refractivity contribution is 7.90. The zero-order chi connectivity index (χ0) is 31.6. The van der Waals surface area contributed by atoms with Crippen molar-refractivity contribution in [2.24, 2.45) is 11.8 Å². The molecule has 1 fully saturated rings. The Morgan fingerprint density at radius 3 is 2.41 bits per heavy atom. The van der Waals surface area contributed by atoms with Crippen molar-refractivity contribution < 1.29 is 26.7 Å². The second kappa shape index (κ2) is 13.6. The lowest BCUT2D eigenvalue weighted by molar-refractivity contribution is 0.0925. The maximum Gasteiger partial charge on any atom is 0.175 e. The lowest BCUT2D eigenvalue weighted by atomic mass is 9.74. The van der Waals surface area contributed by atoms with E-state index in [4.69, 9.17) is 16.3 Å². The molecule has 1 aliphatic rings. The first-order valence-electron chi connectivity index (χ1n) is 14.7. The van der Waals surface area contributed by atoms with Gasteiger partial charge in [-0.25, -0.2) is 17.2 Å². The number of fused-ring (bicyclic) bond motifs is 1. The van der Waals surface area contributed by atoms with E-state index in [1.807, 2.05) is 31.3 Å². The Morgan fingerprint density at radius 2 is 1.75 bits per heavy atom. The summed E-state index contributed by atoms with van der Waals surface area (Å²) in [6, 6.07) is 15.2. The van der Waals surface area contributed by atoms with E-state index in [1.165, 1.54) is 6.26 Å². The number of hydrogen-bond acceptors (Lipinski definition) is 6. The van der Waals surface area contributed by atoms with Crippen LogP contribution in [-0.4, -0.2) is 40.7 Å². The predicted molar refractivity (Wildman–Crippen MR) is 174 cm³/mol. The van der Waals surface area contributed by atoms with Crippen LogP contribution in [0.4, 0.5) is 8.78 Å². The van der Waals surface area contributed by atoms with Crippen molar-refractivity contribution in [1.29, 1.82) is 0 Å². The van der Waals surface area contributed by atoms with Crippen molar-refractivity contribution in [3.8, 4) is 16.9 Å². The van der Waals surface area contributed by atoms with Crippen LogP contribution in [-0.2, 0) is 16.3 Å². The number of nitrogens with one attached hydrogen (secondary N) is 1. The quantitative estimate of drug-likeness (QED) is 0.164. The van der Waals surface area contributed by atoms with Gasteiger partial charge in [-0.1, -0.05) is 29.8 Å². The van der Waals surface area contributed by atoms with E-state index in [2.05, 4.69) is 5.32 Å². The van der Waals surface area contributed by atoms with Crippen molar-refractivity contribution in [3.63, 3.8) is 0 Å². The van der Waals surface area contributed by atoms with Gasteiger partial charge in [0, 0.05) is 18.7 Å². The fraction of sp³-hybridized carbons (Fsp3) is 0.382. The number of carbonyl (C=O) groups is 1. The van der Waals surface area contributed by atoms with Gasteiger partial charge in [0.25, 0.3) is 0 Å². The summed E-state index contributed by atoms with van der Waals surface area (Å²) in [5.41, 5.74) is 2.61. The van der Waals surface area contributed by atoms with Gasteiger partial charge < -0.3 is 10.1 Å². The minimum Gasteiger partial charge on any atom is -0.496 e. The second-order valence-corrected chi connectivity index (χ2v) is 15.0. The molecule has 3 aromatic carbocycles. The minimum atomic E-state index is -3.36. The Hall–Kier alpha value is -2.85. The molecule has 234 valence electrons. The third kappa shape index (κ3) is 7.01. The third-order valence-corrected chi connectivity index (χ3v) is 11.7. The molecule has 0 saturated heterocycles. The van der Waals surface area contributed by atoms with Gasteiger partial charge in [0.15, 0.2) is 15.6 Å². The monoisotopic (exact) mass is 659 g/mol. The number of Topliss-reactive ketones (excluding diaryl/α,β-unsaturated/α-hetero) is 1. The number of aryl methyl sites for hydroxylation is 1. The summed E-state index contributed by atoms with van der Waals surface area (Å²) in [6.45, 7) is 0. The summed E-state index contributed by atoms with van der Waals surface area (Å²) in [6.07, 6.45) is 6.73. The molecule has 4 aromatic rings. The Balaban J connectivity index is 1.42. The van der Waals surface area contributed by atoms with Crippen molar-refractivity contribution in [2.75, 3.05) is 20.4 Å². The summed E-state index contributed by atoms with van der Waals surface area (Å²) >= 11 is 7.40. The van der Waals surface area contributed by atoms with Gasteiger partial charge in [0.2, 0.25) is 0 Å². The average Bonchev–Trinajstić information content (AvgIpc) is 3.39. The van der Waals surface area contributed by atoms with Crippen molar-refractivity contribution in [1.82, 2.24) is 5.32 Å². The molecule has 0 aliphatic heterocycles. The van der Waals surface area contributed by atoms with Gasteiger partial charge >= 0.3 is 0 Å².